The van der Waals surface area contributed by atoms with Gasteiger partial charge in [0.15, 0.2) is 0 Å². The minimum atomic E-state index is -4.41. The smallest absolute Gasteiger partial charge is 0.381 e. The van der Waals surface area contributed by atoms with E-state index in [4.69, 9.17) is 16.3 Å². The summed E-state index contributed by atoms with van der Waals surface area (Å²) in [5.41, 5.74) is -0.259. The zero-order chi connectivity index (χ0) is 17.2. The fourth-order valence-corrected chi connectivity index (χ4v) is 3.94. The van der Waals surface area contributed by atoms with E-state index in [0.29, 0.717) is 18.8 Å². The number of hydrogen-bond donors (Lipinski definition) is 1. The molecule has 1 N–H and O–H groups in total. The van der Waals surface area contributed by atoms with Gasteiger partial charge in [-0.25, -0.2) is 0 Å². The van der Waals surface area contributed by atoms with Gasteiger partial charge in [-0.2, -0.15) is 13.2 Å². The van der Waals surface area contributed by atoms with Crippen LogP contribution in [0, 0.1) is 5.92 Å². The average Bonchev–Trinajstić information content (AvgIpc) is 2.57. The topological polar surface area (TPSA) is 24.5 Å². The third-order valence-corrected chi connectivity index (χ3v) is 5.13. The van der Waals surface area contributed by atoms with Gasteiger partial charge in [0, 0.05) is 50.5 Å². The molecule has 1 aromatic rings. The van der Waals surface area contributed by atoms with Crippen molar-refractivity contribution in [1.29, 1.82) is 0 Å². The molecule has 0 saturated carbocycles. The van der Waals surface area contributed by atoms with Gasteiger partial charge in [0.1, 0.15) is 0 Å². The normalized spacial score (nSPS) is 20.8. The monoisotopic (exact) mass is 434 g/mol. The Bertz CT molecular complexity index is 545. The number of ether oxygens (including phenoxy) is 1. The average molecular weight is 436 g/mol. The Kier molecular flexibility index (Phi) is 9.47. The second-order valence-electron chi connectivity index (χ2n) is 6.41. The van der Waals surface area contributed by atoms with Crippen molar-refractivity contribution in [3.05, 3.63) is 34.3 Å². The highest BCUT2D eigenvalue weighted by molar-refractivity contribution is 6.30. The summed E-state index contributed by atoms with van der Waals surface area (Å²) in [6, 6.07) is 3.95. The Morgan fingerprint density at radius 3 is 2.31 bits per heavy atom. The molecule has 0 unspecified atom stereocenters. The lowest BCUT2D eigenvalue weighted by molar-refractivity contribution is -0.139. The van der Waals surface area contributed by atoms with E-state index >= 15 is 0 Å². The first-order chi connectivity index (χ1) is 11.5. The van der Waals surface area contributed by atoms with Gasteiger partial charge in [0.05, 0.1) is 5.56 Å². The standard InChI is InChI=1S/C17H22ClF3N2O.2ClH/c18-13-1-2-14(15(11-13)17(19,20)21)16(12-3-9-24-10-4-12)23-7-5-22-6-8-23;;/h1-2,11-12,16,22H,3-10H2;2*1H/t16-;;/m0../s1. The molecule has 9 heteroatoms. The van der Waals surface area contributed by atoms with E-state index < -0.39 is 11.7 Å². The Morgan fingerprint density at radius 1 is 1.12 bits per heavy atom. The van der Waals surface area contributed by atoms with Crippen LogP contribution in [0.5, 0.6) is 0 Å². The summed E-state index contributed by atoms with van der Waals surface area (Å²) in [6.07, 6.45) is -2.83. The van der Waals surface area contributed by atoms with Gasteiger partial charge in [-0.3, -0.25) is 4.90 Å². The lowest BCUT2D eigenvalue weighted by Crippen LogP contribution is -2.48. The van der Waals surface area contributed by atoms with Crippen molar-refractivity contribution in [3.8, 4) is 0 Å². The maximum atomic E-state index is 13.6. The second-order valence-corrected chi connectivity index (χ2v) is 6.85. The van der Waals surface area contributed by atoms with E-state index in [0.717, 1.165) is 45.1 Å². The molecule has 26 heavy (non-hydrogen) atoms. The first-order valence-corrected chi connectivity index (χ1v) is 8.74. The third-order valence-electron chi connectivity index (χ3n) is 4.90. The molecule has 0 aromatic heterocycles. The van der Waals surface area contributed by atoms with Crippen LogP contribution in [0.3, 0.4) is 0 Å². The lowest BCUT2D eigenvalue weighted by Gasteiger charge is -2.42. The molecular formula is C17H24Cl3F3N2O. The molecule has 2 saturated heterocycles. The Labute approximate surface area is 169 Å². The number of rotatable bonds is 3. The quantitative estimate of drug-likeness (QED) is 0.752. The molecule has 1 aromatic carbocycles. The predicted molar refractivity (Wildman–Crippen MR) is 102 cm³/mol. The number of hydrogen-bond acceptors (Lipinski definition) is 3. The molecule has 2 aliphatic heterocycles. The molecule has 0 amide bonds. The number of halogens is 6. The maximum Gasteiger partial charge on any atom is 0.416 e. The van der Waals surface area contributed by atoms with Gasteiger partial charge in [0.25, 0.3) is 0 Å². The summed E-state index contributed by atoms with van der Waals surface area (Å²) < 4.78 is 46.2. The van der Waals surface area contributed by atoms with Crippen molar-refractivity contribution in [2.45, 2.75) is 25.1 Å². The van der Waals surface area contributed by atoms with Crippen molar-refractivity contribution in [3.63, 3.8) is 0 Å². The van der Waals surface area contributed by atoms with Crippen molar-refractivity contribution in [2.24, 2.45) is 5.92 Å². The third kappa shape index (κ3) is 5.63. The summed E-state index contributed by atoms with van der Waals surface area (Å²) in [5.74, 6) is 0.166. The molecule has 3 nitrogen and oxygen atoms in total. The highest BCUT2D eigenvalue weighted by Gasteiger charge is 2.39. The van der Waals surface area contributed by atoms with Crippen molar-refractivity contribution >= 4 is 36.4 Å². The summed E-state index contributed by atoms with van der Waals surface area (Å²) in [5, 5.41) is 3.39. The van der Waals surface area contributed by atoms with Gasteiger partial charge in [-0.05, 0) is 36.5 Å². The minimum absolute atomic E-state index is 0. The highest BCUT2D eigenvalue weighted by atomic mass is 35.5. The number of benzene rings is 1. The maximum absolute atomic E-state index is 13.6. The van der Waals surface area contributed by atoms with Crippen molar-refractivity contribution in [1.82, 2.24) is 10.2 Å². The predicted octanol–water partition coefficient (Wildman–Crippen LogP) is 4.58. The van der Waals surface area contributed by atoms with E-state index in [1.165, 1.54) is 0 Å². The Morgan fingerprint density at radius 2 is 1.73 bits per heavy atom. The zero-order valence-electron chi connectivity index (χ0n) is 14.2. The molecular weight excluding hydrogens is 412 g/mol. The summed E-state index contributed by atoms with van der Waals surface area (Å²) in [4.78, 5) is 2.19. The molecule has 150 valence electrons. The number of piperazine rings is 1. The van der Waals surface area contributed by atoms with Gasteiger partial charge in [-0.1, -0.05) is 17.7 Å². The van der Waals surface area contributed by atoms with Crippen LogP contribution < -0.4 is 5.32 Å². The number of nitrogens with one attached hydrogen (secondary N) is 1. The van der Waals surface area contributed by atoms with E-state index in [-0.39, 0.29) is 41.8 Å². The van der Waals surface area contributed by atoms with Gasteiger partial charge >= 0.3 is 6.18 Å². The lowest BCUT2D eigenvalue weighted by atomic mass is 9.83. The summed E-state index contributed by atoms with van der Waals surface area (Å²) in [7, 11) is 0. The highest BCUT2D eigenvalue weighted by Crippen LogP contribution is 2.42. The van der Waals surface area contributed by atoms with E-state index in [1.807, 2.05) is 0 Å². The summed E-state index contributed by atoms with van der Waals surface area (Å²) in [6.45, 7) is 4.33. The van der Waals surface area contributed by atoms with Crippen LogP contribution in [0.2, 0.25) is 5.02 Å². The van der Waals surface area contributed by atoms with Crippen LogP contribution in [0.1, 0.15) is 30.0 Å². The second kappa shape index (κ2) is 10.3. The molecule has 3 rings (SSSR count). The molecule has 0 bridgehead atoms. The summed E-state index contributed by atoms with van der Waals surface area (Å²) >= 11 is 5.86. The molecule has 0 spiro atoms. The molecule has 1 atom stereocenters. The first kappa shape index (κ1) is 23.8. The van der Waals surface area contributed by atoms with Gasteiger partial charge in [-0.15, -0.1) is 24.8 Å². The minimum Gasteiger partial charge on any atom is -0.381 e. The molecule has 0 aliphatic carbocycles. The first-order valence-electron chi connectivity index (χ1n) is 8.36. The van der Waals surface area contributed by atoms with Crippen LogP contribution in [-0.4, -0.2) is 44.3 Å². The van der Waals surface area contributed by atoms with Crippen LogP contribution >= 0.6 is 36.4 Å². The fourth-order valence-electron chi connectivity index (χ4n) is 3.77. The number of alkyl halides is 3. The van der Waals surface area contributed by atoms with Gasteiger partial charge in [0.2, 0.25) is 0 Å². The van der Waals surface area contributed by atoms with E-state index in [1.54, 1.807) is 12.1 Å². The molecule has 2 heterocycles. The molecule has 0 radical (unpaired) electrons. The van der Waals surface area contributed by atoms with E-state index in [2.05, 4.69) is 10.2 Å². The zero-order valence-corrected chi connectivity index (χ0v) is 16.6. The molecule has 2 fully saturated rings. The van der Waals surface area contributed by atoms with Crippen LogP contribution in [0.15, 0.2) is 18.2 Å². The fraction of sp³-hybridized carbons (Fsp3) is 0.647. The van der Waals surface area contributed by atoms with E-state index in [9.17, 15) is 13.2 Å². The van der Waals surface area contributed by atoms with Gasteiger partial charge < -0.3 is 10.1 Å². The Hall–Kier alpha value is -0.240. The Balaban J connectivity index is 0.00000169. The van der Waals surface area contributed by atoms with Crippen LogP contribution in [-0.2, 0) is 10.9 Å². The van der Waals surface area contributed by atoms with Crippen LogP contribution in [0.25, 0.3) is 0 Å². The largest absolute Gasteiger partial charge is 0.416 e. The van der Waals surface area contributed by atoms with Crippen molar-refractivity contribution < 1.29 is 17.9 Å². The SMILES string of the molecule is Cl.Cl.FC(F)(F)c1cc(Cl)ccc1[C@H](C1CCOCC1)N1CCNCC1. The number of nitrogens with zero attached hydrogens (tertiary/aromatic N) is 1. The van der Waals surface area contributed by atoms with Crippen molar-refractivity contribution in [2.75, 3.05) is 39.4 Å². The van der Waals surface area contributed by atoms with Crippen LogP contribution in [0.4, 0.5) is 13.2 Å². The molecule has 2 aliphatic rings.